The fourth-order valence-electron chi connectivity index (χ4n) is 5.49. The predicted octanol–water partition coefficient (Wildman–Crippen LogP) is 4.25. The number of hydrogen-bond donors (Lipinski definition) is 0. The molecule has 0 aromatic heterocycles. The van der Waals surface area contributed by atoms with Gasteiger partial charge in [0.1, 0.15) is 0 Å². The van der Waals surface area contributed by atoms with Crippen LogP contribution in [0.2, 0.25) is 5.31 Å². The summed E-state index contributed by atoms with van der Waals surface area (Å²) < 4.78 is 25.1. The van der Waals surface area contributed by atoms with E-state index in [1.54, 1.807) is 0 Å². The number of benzene rings is 1. The molecule has 156 valence electrons. The van der Waals surface area contributed by atoms with Crippen molar-refractivity contribution in [2.24, 2.45) is 0 Å². The summed E-state index contributed by atoms with van der Waals surface area (Å²) in [7, 11) is -0.364. The minimum absolute atomic E-state index is 0.0709. The second kappa shape index (κ2) is 5.51. The van der Waals surface area contributed by atoms with Gasteiger partial charge in [0, 0.05) is 5.31 Å². The van der Waals surface area contributed by atoms with E-state index >= 15 is 0 Å². The van der Waals surface area contributed by atoms with Crippen LogP contribution in [0.5, 0.6) is 0 Å². The van der Waals surface area contributed by atoms with Crippen LogP contribution in [0.3, 0.4) is 0 Å². The van der Waals surface area contributed by atoms with Gasteiger partial charge < -0.3 is 18.6 Å². The molecule has 3 aliphatic carbocycles. The third-order valence-corrected chi connectivity index (χ3v) is 8.87. The summed E-state index contributed by atoms with van der Waals surface area (Å²) in [5.41, 5.74) is 1.72. The smallest absolute Gasteiger partial charge is 0.403 e. The Kier molecular flexibility index (Phi) is 3.82. The number of hydrogen-bond acceptors (Lipinski definition) is 4. The van der Waals surface area contributed by atoms with Gasteiger partial charge in [-0.2, -0.15) is 0 Å². The Balaban J connectivity index is 1.26. The van der Waals surface area contributed by atoms with Crippen LogP contribution < -0.4 is 5.46 Å². The van der Waals surface area contributed by atoms with E-state index in [-0.39, 0.29) is 42.0 Å². The van der Waals surface area contributed by atoms with Gasteiger partial charge in [0.05, 0.1) is 22.4 Å². The molecular formula is C23H34B2O4. The van der Waals surface area contributed by atoms with Crippen LogP contribution in [0.15, 0.2) is 24.3 Å². The van der Waals surface area contributed by atoms with Crippen molar-refractivity contribution in [3.05, 3.63) is 29.8 Å². The van der Waals surface area contributed by atoms with Crippen LogP contribution in [0.1, 0.15) is 80.2 Å². The average molecular weight is 396 g/mol. The fraction of sp³-hybridized carbons (Fsp3) is 0.739. The lowest BCUT2D eigenvalue weighted by Crippen LogP contribution is -2.66. The lowest BCUT2D eigenvalue weighted by atomic mass is 9.23. The maximum atomic E-state index is 6.36. The highest BCUT2D eigenvalue weighted by atomic mass is 16.7. The molecule has 2 heterocycles. The molecule has 2 bridgehead atoms. The van der Waals surface area contributed by atoms with Crippen molar-refractivity contribution in [1.29, 1.82) is 0 Å². The Morgan fingerprint density at radius 3 is 1.48 bits per heavy atom. The Morgan fingerprint density at radius 2 is 1.03 bits per heavy atom. The van der Waals surface area contributed by atoms with Crippen molar-refractivity contribution in [2.45, 2.75) is 108 Å². The molecule has 3 saturated carbocycles. The van der Waals surface area contributed by atoms with Crippen LogP contribution >= 0.6 is 0 Å². The SMILES string of the molecule is CC1(C)OB(c2ccc(C34CC(B5OC(C)(C)C(C)(C)O5)(C3)C4)cc2)OC1(C)C. The highest BCUT2D eigenvalue weighted by Gasteiger charge is 2.76. The van der Waals surface area contributed by atoms with E-state index < -0.39 is 0 Å². The van der Waals surface area contributed by atoms with Crippen molar-refractivity contribution in [3.8, 4) is 0 Å². The summed E-state index contributed by atoms with van der Waals surface area (Å²) in [6, 6.07) is 8.90. The molecule has 0 atom stereocenters. The first kappa shape index (κ1) is 20.1. The molecule has 2 saturated heterocycles. The van der Waals surface area contributed by atoms with Gasteiger partial charge in [0.2, 0.25) is 0 Å². The summed E-state index contributed by atoms with van der Waals surface area (Å²) in [6.45, 7) is 16.9. The summed E-state index contributed by atoms with van der Waals surface area (Å²) in [5.74, 6) is 0. The zero-order valence-electron chi connectivity index (χ0n) is 19.2. The van der Waals surface area contributed by atoms with Crippen molar-refractivity contribution < 1.29 is 18.6 Å². The van der Waals surface area contributed by atoms with Crippen molar-refractivity contribution in [3.63, 3.8) is 0 Å². The molecule has 1 aromatic rings. The predicted molar refractivity (Wildman–Crippen MR) is 116 cm³/mol. The van der Waals surface area contributed by atoms with E-state index in [4.69, 9.17) is 18.6 Å². The van der Waals surface area contributed by atoms with Crippen LogP contribution in [-0.4, -0.2) is 36.6 Å². The highest BCUT2D eigenvalue weighted by Crippen LogP contribution is 2.80. The van der Waals surface area contributed by atoms with Gasteiger partial charge in [-0.3, -0.25) is 0 Å². The van der Waals surface area contributed by atoms with Crippen molar-refractivity contribution >= 4 is 19.7 Å². The third-order valence-electron chi connectivity index (χ3n) is 8.87. The molecule has 1 aromatic carbocycles. The zero-order chi connectivity index (χ0) is 21.1. The average Bonchev–Trinajstić information content (AvgIpc) is 2.85. The van der Waals surface area contributed by atoms with Gasteiger partial charge in [-0.25, -0.2) is 0 Å². The third kappa shape index (κ3) is 2.62. The largest absolute Gasteiger partial charge is 0.494 e. The van der Waals surface area contributed by atoms with Crippen LogP contribution in [0, 0.1) is 0 Å². The minimum atomic E-state index is -0.306. The van der Waals surface area contributed by atoms with E-state index in [0.29, 0.717) is 5.41 Å². The molecule has 5 fully saturated rings. The lowest BCUT2D eigenvalue weighted by molar-refractivity contribution is -0.0383. The molecular weight excluding hydrogens is 362 g/mol. The normalized spacial score (nSPS) is 37.9. The molecule has 0 amide bonds. The second-order valence-corrected chi connectivity index (χ2v) is 12.0. The van der Waals surface area contributed by atoms with Gasteiger partial charge in [-0.15, -0.1) is 0 Å². The summed E-state index contributed by atoms with van der Waals surface area (Å²) in [5, 5.41) is 0.204. The summed E-state index contributed by atoms with van der Waals surface area (Å²) >= 11 is 0. The van der Waals surface area contributed by atoms with Crippen molar-refractivity contribution in [2.75, 3.05) is 0 Å². The monoisotopic (exact) mass is 396 g/mol. The molecule has 29 heavy (non-hydrogen) atoms. The van der Waals surface area contributed by atoms with Crippen LogP contribution in [0.4, 0.5) is 0 Å². The van der Waals surface area contributed by atoms with E-state index in [1.807, 2.05) is 0 Å². The maximum absolute atomic E-state index is 6.36. The molecule has 0 N–H and O–H groups in total. The summed E-state index contributed by atoms with van der Waals surface area (Å²) in [4.78, 5) is 0. The quantitative estimate of drug-likeness (QED) is 0.716. The van der Waals surface area contributed by atoms with Crippen molar-refractivity contribution in [1.82, 2.24) is 0 Å². The fourth-order valence-corrected chi connectivity index (χ4v) is 5.49. The van der Waals surface area contributed by atoms with Crippen LogP contribution in [0.25, 0.3) is 0 Å². The molecule has 0 radical (unpaired) electrons. The molecule has 6 rings (SSSR count). The van der Waals surface area contributed by atoms with E-state index in [1.165, 1.54) is 5.56 Å². The Bertz CT molecular complexity index is 791. The van der Waals surface area contributed by atoms with E-state index in [0.717, 1.165) is 24.7 Å². The van der Waals surface area contributed by atoms with E-state index in [9.17, 15) is 0 Å². The first-order valence-electron chi connectivity index (χ1n) is 11.0. The van der Waals surface area contributed by atoms with Gasteiger partial charge in [0.15, 0.2) is 0 Å². The lowest BCUT2D eigenvalue weighted by Gasteiger charge is -2.71. The first-order chi connectivity index (χ1) is 13.2. The Labute approximate surface area is 176 Å². The zero-order valence-corrected chi connectivity index (χ0v) is 19.2. The van der Waals surface area contributed by atoms with Gasteiger partial charge >= 0.3 is 14.2 Å². The Morgan fingerprint density at radius 1 is 0.621 bits per heavy atom. The van der Waals surface area contributed by atoms with Crippen LogP contribution in [-0.2, 0) is 24.0 Å². The second-order valence-electron chi connectivity index (χ2n) is 12.0. The first-order valence-corrected chi connectivity index (χ1v) is 11.0. The molecule has 6 heteroatoms. The molecule has 2 aliphatic heterocycles. The molecule has 4 nitrogen and oxygen atoms in total. The van der Waals surface area contributed by atoms with E-state index in [2.05, 4.69) is 79.7 Å². The van der Waals surface area contributed by atoms with Gasteiger partial charge in [-0.05, 0) is 91.1 Å². The highest BCUT2D eigenvalue weighted by molar-refractivity contribution is 6.62. The minimum Gasteiger partial charge on any atom is -0.403 e. The van der Waals surface area contributed by atoms with Gasteiger partial charge in [0.25, 0.3) is 0 Å². The van der Waals surface area contributed by atoms with Gasteiger partial charge in [-0.1, -0.05) is 24.3 Å². The molecule has 5 aliphatic rings. The Hall–Kier alpha value is -0.810. The topological polar surface area (TPSA) is 36.9 Å². The molecule has 0 spiro atoms. The maximum Gasteiger partial charge on any atom is 0.494 e. The molecule has 0 unspecified atom stereocenters. The summed E-state index contributed by atoms with van der Waals surface area (Å²) in [6.07, 6.45) is 3.48. The number of rotatable bonds is 3. The standard InChI is InChI=1S/C23H34B2O4/c1-18(2)19(3,4)27-24(26-18)17-11-9-16(10-12-17)22-13-23(14-22,15-22)25-28-20(5,6)21(7,8)29-25/h9-12H,13-15H2,1-8H3.